The zero-order valence-electron chi connectivity index (χ0n) is 8.16. The van der Waals surface area contributed by atoms with Gasteiger partial charge in [0.2, 0.25) is 0 Å². The summed E-state index contributed by atoms with van der Waals surface area (Å²) in [5.41, 5.74) is 0.504. The predicted molar refractivity (Wildman–Crippen MR) is 52.4 cm³/mol. The number of hydrogen-bond donors (Lipinski definition) is 1. The van der Waals surface area contributed by atoms with E-state index in [0.717, 1.165) is 18.4 Å². The van der Waals surface area contributed by atoms with Crippen LogP contribution in [0.4, 0.5) is 0 Å². The largest absolute Gasteiger partial charge is 0.251 e. The highest BCUT2D eigenvalue weighted by Gasteiger charge is 2.29. The van der Waals surface area contributed by atoms with E-state index in [1.165, 1.54) is 0 Å². The van der Waals surface area contributed by atoms with Gasteiger partial charge >= 0.3 is 0 Å². The first-order valence-corrected chi connectivity index (χ1v) is 4.67. The molecule has 1 rings (SSSR count). The molecule has 0 saturated carbocycles. The summed E-state index contributed by atoms with van der Waals surface area (Å²) in [6.45, 7) is 4.01. The van der Waals surface area contributed by atoms with Crippen LogP contribution in [-0.4, -0.2) is 5.26 Å². The van der Waals surface area contributed by atoms with Crippen LogP contribution in [0.1, 0.15) is 32.3 Å². The molecule has 0 aliphatic carbocycles. The van der Waals surface area contributed by atoms with E-state index in [2.05, 4.69) is 4.89 Å². The molecule has 13 heavy (non-hydrogen) atoms. The van der Waals surface area contributed by atoms with Gasteiger partial charge in [-0.05, 0) is 18.4 Å². The molecule has 0 bridgehead atoms. The number of rotatable bonds is 4. The third kappa shape index (κ3) is 1.90. The van der Waals surface area contributed by atoms with Gasteiger partial charge in [0.1, 0.15) is 5.60 Å². The normalized spacial score (nSPS) is 11.6. The molecule has 0 atom stereocenters. The van der Waals surface area contributed by atoms with Crippen LogP contribution in [0.5, 0.6) is 0 Å². The lowest BCUT2D eigenvalue weighted by atomic mass is 9.89. The Balaban J connectivity index is 3.01. The molecule has 1 N–H and O–H groups in total. The molecule has 0 unspecified atom stereocenters. The summed E-state index contributed by atoms with van der Waals surface area (Å²) in [6, 6.07) is 9.81. The maximum Gasteiger partial charge on any atom is 0.128 e. The highest BCUT2D eigenvalue weighted by atomic mass is 17.1. The molecule has 0 fully saturated rings. The van der Waals surface area contributed by atoms with Gasteiger partial charge < -0.3 is 0 Å². The Bertz CT molecular complexity index is 231. The molecule has 0 heterocycles. The van der Waals surface area contributed by atoms with Gasteiger partial charge in [-0.1, -0.05) is 44.2 Å². The van der Waals surface area contributed by atoms with Crippen molar-refractivity contribution >= 4 is 0 Å². The summed E-state index contributed by atoms with van der Waals surface area (Å²) in [6.07, 6.45) is 1.54. The Hall–Kier alpha value is -0.860. The van der Waals surface area contributed by atoms with Crippen molar-refractivity contribution in [3.63, 3.8) is 0 Å². The molecule has 0 amide bonds. The topological polar surface area (TPSA) is 29.5 Å². The minimum atomic E-state index is -0.527. The Labute approximate surface area is 79.1 Å². The molecular formula is C11H16O2. The Morgan fingerprint density at radius 3 is 2.08 bits per heavy atom. The number of benzene rings is 1. The Morgan fingerprint density at radius 1 is 1.15 bits per heavy atom. The second kappa shape index (κ2) is 4.40. The van der Waals surface area contributed by atoms with Gasteiger partial charge in [-0.25, -0.2) is 4.89 Å². The van der Waals surface area contributed by atoms with E-state index in [9.17, 15) is 0 Å². The molecule has 0 saturated heterocycles. The van der Waals surface area contributed by atoms with E-state index in [0.29, 0.717) is 0 Å². The SMILES string of the molecule is CCC(CC)(OO)c1ccccc1. The van der Waals surface area contributed by atoms with Crippen LogP contribution in [0.25, 0.3) is 0 Å². The molecule has 0 spiro atoms. The average molecular weight is 180 g/mol. The van der Waals surface area contributed by atoms with Crippen LogP contribution in [0.2, 0.25) is 0 Å². The van der Waals surface area contributed by atoms with Crippen molar-refractivity contribution in [1.29, 1.82) is 0 Å². The molecule has 2 nitrogen and oxygen atoms in total. The predicted octanol–water partition coefficient (Wildman–Crippen LogP) is 3.19. The summed E-state index contributed by atoms with van der Waals surface area (Å²) in [4.78, 5) is 4.62. The van der Waals surface area contributed by atoms with E-state index in [4.69, 9.17) is 5.26 Å². The van der Waals surface area contributed by atoms with Crippen LogP contribution < -0.4 is 0 Å². The lowest BCUT2D eigenvalue weighted by Gasteiger charge is -2.28. The zero-order valence-corrected chi connectivity index (χ0v) is 8.16. The summed E-state index contributed by atoms with van der Waals surface area (Å²) >= 11 is 0. The molecule has 0 aliphatic heterocycles. The molecule has 1 aromatic rings. The number of hydrogen-bond acceptors (Lipinski definition) is 2. The van der Waals surface area contributed by atoms with Crippen molar-refractivity contribution in [2.24, 2.45) is 0 Å². The maximum absolute atomic E-state index is 8.93. The first kappa shape index (κ1) is 10.2. The molecule has 2 heteroatoms. The third-order valence-corrected chi connectivity index (χ3v) is 2.62. The van der Waals surface area contributed by atoms with Gasteiger partial charge in [-0.3, -0.25) is 5.26 Å². The minimum absolute atomic E-state index is 0.527. The van der Waals surface area contributed by atoms with E-state index in [-0.39, 0.29) is 0 Å². The highest BCUT2D eigenvalue weighted by molar-refractivity contribution is 5.22. The summed E-state index contributed by atoms with van der Waals surface area (Å²) in [7, 11) is 0. The lowest BCUT2D eigenvalue weighted by molar-refractivity contribution is -0.331. The van der Waals surface area contributed by atoms with Crippen LogP contribution in [0.15, 0.2) is 30.3 Å². The van der Waals surface area contributed by atoms with Gasteiger partial charge in [-0.2, -0.15) is 0 Å². The van der Waals surface area contributed by atoms with Gasteiger partial charge in [0.25, 0.3) is 0 Å². The first-order valence-electron chi connectivity index (χ1n) is 4.67. The van der Waals surface area contributed by atoms with Crippen molar-refractivity contribution < 1.29 is 10.1 Å². The van der Waals surface area contributed by atoms with Crippen LogP contribution in [-0.2, 0) is 10.5 Å². The van der Waals surface area contributed by atoms with Crippen molar-refractivity contribution in [1.82, 2.24) is 0 Å². The van der Waals surface area contributed by atoms with Crippen molar-refractivity contribution in [3.05, 3.63) is 35.9 Å². The highest BCUT2D eigenvalue weighted by Crippen LogP contribution is 2.31. The second-order valence-electron chi connectivity index (χ2n) is 3.16. The fourth-order valence-electron chi connectivity index (χ4n) is 1.58. The molecule has 0 aliphatic rings. The monoisotopic (exact) mass is 180 g/mol. The quantitative estimate of drug-likeness (QED) is 0.569. The van der Waals surface area contributed by atoms with Crippen molar-refractivity contribution in [2.45, 2.75) is 32.3 Å². The molecule has 0 aromatic heterocycles. The van der Waals surface area contributed by atoms with Gasteiger partial charge in [0, 0.05) is 0 Å². The Morgan fingerprint density at radius 2 is 1.69 bits per heavy atom. The fraction of sp³-hybridized carbons (Fsp3) is 0.455. The lowest BCUT2D eigenvalue weighted by Crippen LogP contribution is -2.26. The standard InChI is InChI=1S/C11H16O2/c1-3-11(4-2,13-12)10-8-6-5-7-9-10/h5-9,12H,3-4H2,1-2H3. The van der Waals surface area contributed by atoms with Crippen molar-refractivity contribution in [2.75, 3.05) is 0 Å². The van der Waals surface area contributed by atoms with E-state index in [1.54, 1.807) is 0 Å². The average Bonchev–Trinajstić information content (AvgIpc) is 2.23. The van der Waals surface area contributed by atoms with E-state index >= 15 is 0 Å². The molecule has 1 aromatic carbocycles. The van der Waals surface area contributed by atoms with Gasteiger partial charge in [0.05, 0.1) is 0 Å². The summed E-state index contributed by atoms with van der Waals surface area (Å²) < 4.78 is 0. The smallest absolute Gasteiger partial charge is 0.128 e. The summed E-state index contributed by atoms with van der Waals surface area (Å²) in [5.74, 6) is 0. The van der Waals surface area contributed by atoms with Gasteiger partial charge in [-0.15, -0.1) is 0 Å². The molecule has 72 valence electrons. The minimum Gasteiger partial charge on any atom is -0.251 e. The third-order valence-electron chi connectivity index (χ3n) is 2.62. The second-order valence-corrected chi connectivity index (χ2v) is 3.16. The first-order chi connectivity index (χ1) is 6.29. The molecular weight excluding hydrogens is 164 g/mol. The summed E-state index contributed by atoms with van der Waals surface area (Å²) in [5, 5.41) is 8.93. The van der Waals surface area contributed by atoms with Crippen LogP contribution >= 0.6 is 0 Å². The van der Waals surface area contributed by atoms with Crippen LogP contribution in [0, 0.1) is 0 Å². The Kier molecular flexibility index (Phi) is 3.46. The maximum atomic E-state index is 8.93. The van der Waals surface area contributed by atoms with E-state index in [1.807, 2.05) is 44.2 Å². The van der Waals surface area contributed by atoms with Crippen molar-refractivity contribution in [3.8, 4) is 0 Å². The van der Waals surface area contributed by atoms with Gasteiger partial charge in [0.15, 0.2) is 0 Å². The van der Waals surface area contributed by atoms with Crippen LogP contribution in [0.3, 0.4) is 0 Å². The van der Waals surface area contributed by atoms with E-state index < -0.39 is 5.60 Å². The fourth-order valence-corrected chi connectivity index (χ4v) is 1.58. The molecule has 0 radical (unpaired) electrons. The zero-order chi connectivity index (χ0) is 9.73.